The fourth-order valence-corrected chi connectivity index (χ4v) is 4.53. The third-order valence-corrected chi connectivity index (χ3v) is 6.56. The van der Waals surface area contributed by atoms with Crippen molar-refractivity contribution in [2.75, 3.05) is 0 Å². The smallest absolute Gasteiger partial charge is 0.435 e. The molecule has 0 spiro atoms. The lowest BCUT2D eigenvalue weighted by Gasteiger charge is -2.30. The highest BCUT2D eigenvalue weighted by atomic mass is 19.4. The maximum absolute atomic E-state index is 13.7. The number of pyridine rings is 1. The van der Waals surface area contributed by atoms with E-state index in [0.717, 1.165) is 36.0 Å². The molecule has 2 amide bonds. The van der Waals surface area contributed by atoms with Crippen LogP contribution in [0.3, 0.4) is 0 Å². The lowest BCUT2D eigenvalue weighted by Crippen LogP contribution is -2.55. The second-order valence-electron chi connectivity index (χ2n) is 12.3. The Morgan fingerprint density at radius 1 is 1.11 bits per heavy atom. The van der Waals surface area contributed by atoms with Gasteiger partial charge in [-0.1, -0.05) is 0 Å². The Kier molecular flexibility index (Phi) is 8.94. The number of alkyl halides is 5. The summed E-state index contributed by atoms with van der Waals surface area (Å²) in [4.78, 5) is 38.6. The summed E-state index contributed by atoms with van der Waals surface area (Å²) in [6, 6.07) is 2.38. The van der Waals surface area contributed by atoms with Crippen LogP contribution in [0.15, 0.2) is 41.6 Å². The summed E-state index contributed by atoms with van der Waals surface area (Å²) >= 11 is 0. The summed E-state index contributed by atoms with van der Waals surface area (Å²) in [6.45, 7) is 4.73. The molecule has 0 unspecified atom stereocenters. The highest BCUT2D eigenvalue weighted by Crippen LogP contribution is 2.35. The van der Waals surface area contributed by atoms with Gasteiger partial charge in [0, 0.05) is 36.5 Å². The van der Waals surface area contributed by atoms with Crippen LogP contribution in [0.25, 0.3) is 11.3 Å². The van der Waals surface area contributed by atoms with Gasteiger partial charge in [-0.2, -0.15) is 32.1 Å². The molecule has 44 heavy (non-hydrogen) atoms. The molecule has 1 aliphatic carbocycles. The van der Waals surface area contributed by atoms with Crippen LogP contribution >= 0.6 is 0 Å². The first-order valence-corrected chi connectivity index (χ1v) is 13.8. The quantitative estimate of drug-likeness (QED) is 0.315. The van der Waals surface area contributed by atoms with Gasteiger partial charge in [0.05, 0.1) is 24.0 Å². The van der Waals surface area contributed by atoms with Gasteiger partial charge >= 0.3 is 18.8 Å². The molecule has 0 saturated heterocycles. The Morgan fingerprint density at radius 2 is 1.80 bits per heavy atom. The SMILES string of the molecule is CC(C)(Cn1nc(C(F)(F)F)cc1-c1ccn(C2CC2)c(=O)c1)NC(=O)[C@@H](Cc1cnn(C(F)F)c1)NC(=O)OC(C)(C)C. The summed E-state index contributed by atoms with van der Waals surface area (Å²) in [5.41, 5.74) is -3.25. The Hall–Kier alpha value is -4.24. The van der Waals surface area contributed by atoms with Crippen molar-refractivity contribution in [2.45, 2.75) is 96.4 Å². The second kappa shape index (κ2) is 12.0. The molecule has 3 aromatic rings. The summed E-state index contributed by atoms with van der Waals surface area (Å²) < 4.78 is 75.4. The molecule has 3 aromatic heterocycles. The van der Waals surface area contributed by atoms with Gasteiger partial charge < -0.3 is 19.9 Å². The number of hydrogen-bond donors (Lipinski definition) is 2. The minimum atomic E-state index is -4.78. The van der Waals surface area contributed by atoms with E-state index in [2.05, 4.69) is 20.8 Å². The maximum Gasteiger partial charge on any atom is 0.435 e. The largest absolute Gasteiger partial charge is 0.444 e. The molecule has 0 bridgehead atoms. The molecular formula is C28H34F5N7O4. The van der Waals surface area contributed by atoms with E-state index in [1.807, 2.05) is 0 Å². The van der Waals surface area contributed by atoms with E-state index in [9.17, 15) is 36.3 Å². The molecule has 1 aliphatic rings. The number of halogens is 5. The fourth-order valence-electron chi connectivity index (χ4n) is 4.53. The molecule has 4 rings (SSSR count). The van der Waals surface area contributed by atoms with Gasteiger partial charge in [0.25, 0.3) is 5.56 Å². The Bertz CT molecular complexity index is 1560. The monoisotopic (exact) mass is 627 g/mol. The second-order valence-corrected chi connectivity index (χ2v) is 12.3. The van der Waals surface area contributed by atoms with Crippen molar-refractivity contribution < 1.29 is 36.3 Å². The molecule has 240 valence electrons. The first-order valence-electron chi connectivity index (χ1n) is 13.8. The number of nitrogens with one attached hydrogen (secondary N) is 2. The van der Waals surface area contributed by atoms with E-state index in [-0.39, 0.29) is 41.4 Å². The van der Waals surface area contributed by atoms with E-state index >= 15 is 0 Å². The molecule has 2 N–H and O–H groups in total. The van der Waals surface area contributed by atoms with Gasteiger partial charge in [0.15, 0.2) is 5.69 Å². The number of rotatable bonds is 10. The first kappa shape index (κ1) is 32.7. The van der Waals surface area contributed by atoms with Gasteiger partial charge in [-0.05, 0) is 65.2 Å². The van der Waals surface area contributed by atoms with E-state index in [4.69, 9.17) is 4.74 Å². The topological polar surface area (TPSA) is 125 Å². The molecule has 3 heterocycles. The minimum Gasteiger partial charge on any atom is -0.444 e. The first-order chi connectivity index (χ1) is 20.3. The molecule has 1 atom stereocenters. The highest BCUT2D eigenvalue weighted by Gasteiger charge is 2.37. The molecule has 0 radical (unpaired) electrons. The Labute approximate surface area is 249 Å². The predicted octanol–water partition coefficient (Wildman–Crippen LogP) is 4.69. The van der Waals surface area contributed by atoms with E-state index in [0.29, 0.717) is 4.68 Å². The Balaban J connectivity index is 1.59. The number of ether oxygens (including phenoxy) is 1. The fraction of sp³-hybridized carbons (Fsp3) is 0.536. The lowest BCUT2D eigenvalue weighted by atomic mass is 10.0. The average Bonchev–Trinajstić information content (AvgIpc) is 3.43. The molecule has 1 saturated carbocycles. The van der Waals surface area contributed by atoms with E-state index in [1.165, 1.54) is 30.7 Å². The highest BCUT2D eigenvalue weighted by molar-refractivity contribution is 5.86. The van der Waals surface area contributed by atoms with Crippen molar-refractivity contribution in [3.8, 4) is 11.3 Å². The summed E-state index contributed by atoms with van der Waals surface area (Å²) in [7, 11) is 0. The van der Waals surface area contributed by atoms with Gasteiger partial charge in [-0.3, -0.25) is 14.3 Å². The third kappa shape index (κ3) is 8.44. The number of carbonyl (C=O) groups excluding carboxylic acids is 2. The van der Waals surface area contributed by atoms with Crippen LogP contribution in [0.4, 0.5) is 26.7 Å². The molecular weight excluding hydrogens is 593 g/mol. The summed E-state index contributed by atoms with van der Waals surface area (Å²) in [6.07, 6.45) is -0.572. The van der Waals surface area contributed by atoms with Gasteiger partial charge in [-0.15, -0.1) is 0 Å². The minimum absolute atomic E-state index is 0.0162. The van der Waals surface area contributed by atoms with Crippen molar-refractivity contribution in [3.63, 3.8) is 0 Å². The average molecular weight is 628 g/mol. The maximum atomic E-state index is 13.7. The van der Waals surface area contributed by atoms with Crippen molar-refractivity contribution in [1.29, 1.82) is 0 Å². The normalized spacial score (nSPS) is 14.9. The summed E-state index contributed by atoms with van der Waals surface area (Å²) in [5.74, 6) is -0.762. The number of carbonyl (C=O) groups is 2. The van der Waals surface area contributed by atoms with Crippen LogP contribution < -0.4 is 16.2 Å². The standard InChI is InChI=1S/C28H34F5N7O4/c1-26(2,3)44-25(43)35-19(10-16-13-34-39(14-16)24(29)30)23(42)36-27(4,5)15-40-20(12-21(37-40)28(31,32)33)17-8-9-38(18-6-7-18)22(41)11-17/h8-9,11-14,18-19,24H,6-7,10,15H2,1-5H3,(H,35,43)(H,36,42)/t19-/m1/s1. The zero-order valence-electron chi connectivity index (χ0n) is 24.8. The van der Waals surface area contributed by atoms with Crippen molar-refractivity contribution in [2.24, 2.45) is 0 Å². The van der Waals surface area contributed by atoms with Gasteiger partial charge in [0.1, 0.15) is 11.6 Å². The van der Waals surface area contributed by atoms with Crippen molar-refractivity contribution >= 4 is 12.0 Å². The van der Waals surface area contributed by atoms with Crippen LogP contribution in [-0.4, -0.2) is 53.3 Å². The van der Waals surface area contributed by atoms with Gasteiger partial charge in [0.2, 0.25) is 5.91 Å². The van der Waals surface area contributed by atoms with Crippen LogP contribution in [0.5, 0.6) is 0 Å². The van der Waals surface area contributed by atoms with E-state index < -0.39 is 47.6 Å². The van der Waals surface area contributed by atoms with Gasteiger partial charge in [-0.25, -0.2) is 9.48 Å². The molecule has 0 aliphatic heterocycles. The number of amides is 2. The van der Waals surface area contributed by atoms with Crippen LogP contribution in [0.1, 0.15) is 71.3 Å². The van der Waals surface area contributed by atoms with Crippen molar-refractivity contribution in [3.05, 3.63) is 58.4 Å². The van der Waals surface area contributed by atoms with Crippen LogP contribution in [0, 0.1) is 0 Å². The third-order valence-electron chi connectivity index (χ3n) is 6.56. The number of hydrogen-bond acceptors (Lipinski definition) is 6. The molecule has 16 heteroatoms. The number of nitrogens with zero attached hydrogens (tertiary/aromatic N) is 5. The van der Waals surface area contributed by atoms with Crippen molar-refractivity contribution in [1.82, 2.24) is 34.8 Å². The summed E-state index contributed by atoms with van der Waals surface area (Å²) in [5, 5.41) is 12.4. The zero-order valence-corrected chi connectivity index (χ0v) is 24.8. The number of alkyl carbamates (subject to hydrolysis) is 1. The predicted molar refractivity (Wildman–Crippen MR) is 148 cm³/mol. The van der Waals surface area contributed by atoms with Crippen LogP contribution in [0.2, 0.25) is 0 Å². The van der Waals surface area contributed by atoms with E-state index in [1.54, 1.807) is 26.8 Å². The Morgan fingerprint density at radius 3 is 2.34 bits per heavy atom. The molecule has 11 nitrogen and oxygen atoms in total. The molecule has 1 fully saturated rings. The molecule has 0 aromatic carbocycles. The van der Waals surface area contributed by atoms with Crippen LogP contribution in [-0.2, 0) is 28.7 Å². The lowest BCUT2D eigenvalue weighted by molar-refractivity contribution is -0.141. The number of aromatic nitrogens is 5. The zero-order chi connectivity index (χ0) is 32.6.